The number of aliphatic hydroxyl groups is 1. The highest BCUT2D eigenvalue weighted by atomic mass is 35.5. The maximum Gasteiger partial charge on any atom is 0.0540 e. The van der Waals surface area contributed by atoms with Crippen molar-refractivity contribution in [3.05, 3.63) is 0 Å². The zero-order valence-electron chi connectivity index (χ0n) is 6.38. The summed E-state index contributed by atoms with van der Waals surface area (Å²) in [7, 11) is 0. The van der Waals surface area contributed by atoms with Gasteiger partial charge in [-0.1, -0.05) is 32.1 Å². The summed E-state index contributed by atoms with van der Waals surface area (Å²) in [5.41, 5.74) is 0. The van der Waals surface area contributed by atoms with E-state index >= 15 is 0 Å². The maximum absolute atomic E-state index is 9.21. The van der Waals surface area contributed by atoms with Crippen LogP contribution in [0.25, 0.3) is 0 Å². The first-order valence-corrected chi connectivity index (χ1v) is 4.07. The summed E-state index contributed by atoms with van der Waals surface area (Å²) in [6.07, 6.45) is 8.62. The predicted octanol–water partition coefficient (Wildman–Crippen LogP) is 2.51. The first-order valence-electron chi connectivity index (χ1n) is 4.07. The molecule has 0 unspecified atom stereocenters. The molecule has 0 radical (unpaired) electrons. The third-order valence-electron chi connectivity index (χ3n) is 2.07. The second-order valence-corrected chi connectivity index (χ2v) is 3.00. The first kappa shape index (κ1) is 10.2. The minimum atomic E-state index is 0. The number of rotatable bonds is 0. The second-order valence-electron chi connectivity index (χ2n) is 3.00. The summed E-state index contributed by atoms with van der Waals surface area (Å²) >= 11 is 0. The maximum atomic E-state index is 9.21. The van der Waals surface area contributed by atoms with Crippen molar-refractivity contribution in [3.63, 3.8) is 0 Å². The molecular weight excluding hydrogens is 148 g/mol. The molecule has 1 N–H and O–H groups in total. The van der Waals surface area contributed by atoms with Crippen LogP contribution in [0.5, 0.6) is 0 Å². The van der Waals surface area contributed by atoms with Crippen molar-refractivity contribution in [2.75, 3.05) is 0 Å². The molecule has 0 aromatic heterocycles. The second kappa shape index (κ2) is 5.99. The fourth-order valence-corrected chi connectivity index (χ4v) is 1.43. The smallest absolute Gasteiger partial charge is 0.0540 e. The Kier molecular flexibility index (Phi) is 6.14. The monoisotopic (exact) mass is 164 g/mol. The van der Waals surface area contributed by atoms with Gasteiger partial charge < -0.3 is 5.11 Å². The highest BCUT2D eigenvalue weighted by Crippen LogP contribution is 2.16. The fraction of sp³-hybridized carbons (Fsp3) is 1.00. The van der Waals surface area contributed by atoms with Crippen molar-refractivity contribution in [1.82, 2.24) is 0 Å². The van der Waals surface area contributed by atoms with Gasteiger partial charge in [-0.3, -0.25) is 0 Å². The van der Waals surface area contributed by atoms with Gasteiger partial charge in [0.1, 0.15) is 0 Å². The first-order chi connectivity index (χ1) is 4.39. The van der Waals surface area contributed by atoms with Crippen LogP contribution in [0, 0.1) is 0 Å². The summed E-state index contributed by atoms with van der Waals surface area (Å²) in [6, 6.07) is 0. The summed E-state index contributed by atoms with van der Waals surface area (Å²) in [5, 5.41) is 9.21. The molecule has 1 aliphatic rings. The molecule has 0 spiro atoms. The molecule has 10 heavy (non-hydrogen) atoms. The molecule has 1 nitrogen and oxygen atoms in total. The van der Waals surface area contributed by atoms with Crippen LogP contribution in [0.4, 0.5) is 0 Å². The molecule has 0 aromatic carbocycles. The van der Waals surface area contributed by atoms with Gasteiger partial charge in [-0.05, 0) is 12.8 Å². The van der Waals surface area contributed by atoms with E-state index in [4.69, 9.17) is 0 Å². The Bertz CT molecular complexity index is 67.7. The largest absolute Gasteiger partial charge is 0.393 e. The molecule has 0 saturated heterocycles. The molecule has 0 aromatic rings. The third kappa shape index (κ3) is 4.13. The lowest BCUT2D eigenvalue weighted by atomic mass is 9.99. The van der Waals surface area contributed by atoms with Gasteiger partial charge in [0.15, 0.2) is 0 Å². The van der Waals surface area contributed by atoms with Gasteiger partial charge in [-0.2, -0.15) is 0 Å². The van der Waals surface area contributed by atoms with Gasteiger partial charge in [-0.15, -0.1) is 12.4 Å². The molecule has 1 aliphatic carbocycles. The Morgan fingerprint density at radius 3 is 1.70 bits per heavy atom. The Hall–Kier alpha value is 0.250. The highest BCUT2D eigenvalue weighted by molar-refractivity contribution is 5.85. The molecule has 0 atom stereocenters. The van der Waals surface area contributed by atoms with E-state index in [1.165, 1.54) is 32.1 Å². The van der Waals surface area contributed by atoms with Crippen LogP contribution in [0.1, 0.15) is 44.9 Å². The number of aliphatic hydroxyl groups excluding tert-OH is 1. The Morgan fingerprint density at radius 2 is 1.20 bits per heavy atom. The van der Waals surface area contributed by atoms with Crippen LogP contribution in [-0.4, -0.2) is 11.2 Å². The lowest BCUT2D eigenvalue weighted by molar-refractivity contribution is 0.141. The van der Waals surface area contributed by atoms with Gasteiger partial charge in [0.25, 0.3) is 0 Å². The molecule has 0 bridgehead atoms. The Morgan fingerprint density at radius 1 is 0.800 bits per heavy atom. The number of hydrogen-bond acceptors (Lipinski definition) is 1. The average Bonchev–Trinajstić information content (AvgIpc) is 1.79. The van der Waals surface area contributed by atoms with Crippen LogP contribution >= 0.6 is 12.4 Å². The normalized spacial score (nSPS) is 22.5. The highest BCUT2D eigenvalue weighted by Gasteiger charge is 2.05. The van der Waals surface area contributed by atoms with E-state index in [0.29, 0.717) is 0 Å². The van der Waals surface area contributed by atoms with Gasteiger partial charge in [0.2, 0.25) is 0 Å². The minimum absolute atomic E-state index is 0. The van der Waals surface area contributed by atoms with Crippen LogP contribution in [-0.2, 0) is 0 Å². The molecule has 2 heteroatoms. The molecule has 1 saturated carbocycles. The van der Waals surface area contributed by atoms with Gasteiger partial charge >= 0.3 is 0 Å². The van der Waals surface area contributed by atoms with Crippen LogP contribution < -0.4 is 0 Å². The molecular formula is C8H17ClO. The Balaban J connectivity index is 0.000000810. The quantitative estimate of drug-likeness (QED) is 0.584. The van der Waals surface area contributed by atoms with E-state index in [1.807, 2.05) is 0 Å². The standard InChI is InChI=1S/C8H16O.ClH/c9-8-6-4-2-1-3-5-7-8;/h8-9H,1-7H2;1H. The van der Waals surface area contributed by atoms with E-state index in [2.05, 4.69) is 0 Å². The van der Waals surface area contributed by atoms with Gasteiger partial charge in [-0.25, -0.2) is 0 Å². The van der Waals surface area contributed by atoms with Crippen molar-refractivity contribution in [3.8, 4) is 0 Å². The summed E-state index contributed by atoms with van der Waals surface area (Å²) < 4.78 is 0. The molecule has 0 aliphatic heterocycles. The van der Waals surface area contributed by atoms with Crippen LogP contribution in [0.15, 0.2) is 0 Å². The molecule has 1 rings (SSSR count). The van der Waals surface area contributed by atoms with Gasteiger partial charge in [0, 0.05) is 0 Å². The van der Waals surface area contributed by atoms with E-state index in [1.54, 1.807) is 0 Å². The minimum Gasteiger partial charge on any atom is -0.393 e. The topological polar surface area (TPSA) is 20.2 Å². The fourth-order valence-electron chi connectivity index (χ4n) is 1.43. The summed E-state index contributed by atoms with van der Waals surface area (Å²) in [4.78, 5) is 0. The number of halogens is 1. The molecule has 0 heterocycles. The molecule has 62 valence electrons. The van der Waals surface area contributed by atoms with Gasteiger partial charge in [0.05, 0.1) is 6.10 Å². The third-order valence-corrected chi connectivity index (χ3v) is 2.07. The van der Waals surface area contributed by atoms with E-state index in [0.717, 1.165) is 12.8 Å². The zero-order chi connectivity index (χ0) is 6.53. The number of hydrogen-bond donors (Lipinski definition) is 1. The van der Waals surface area contributed by atoms with Crippen molar-refractivity contribution < 1.29 is 5.11 Å². The van der Waals surface area contributed by atoms with Crippen molar-refractivity contribution in [2.45, 2.75) is 51.0 Å². The van der Waals surface area contributed by atoms with E-state index in [9.17, 15) is 5.11 Å². The molecule has 0 amide bonds. The van der Waals surface area contributed by atoms with E-state index in [-0.39, 0.29) is 18.5 Å². The lowest BCUT2D eigenvalue weighted by Crippen LogP contribution is -2.07. The molecule has 1 fully saturated rings. The predicted molar refractivity (Wildman–Crippen MR) is 45.6 cm³/mol. The van der Waals surface area contributed by atoms with Crippen molar-refractivity contribution >= 4 is 12.4 Å². The lowest BCUT2D eigenvalue weighted by Gasteiger charge is -2.13. The van der Waals surface area contributed by atoms with Crippen LogP contribution in [0.2, 0.25) is 0 Å². The van der Waals surface area contributed by atoms with E-state index < -0.39 is 0 Å². The SMILES string of the molecule is Cl.OC1CCCCCCC1. The summed E-state index contributed by atoms with van der Waals surface area (Å²) in [5.74, 6) is 0. The van der Waals surface area contributed by atoms with Crippen molar-refractivity contribution in [1.29, 1.82) is 0 Å². The summed E-state index contributed by atoms with van der Waals surface area (Å²) in [6.45, 7) is 0. The Labute approximate surface area is 69.2 Å². The average molecular weight is 165 g/mol. The van der Waals surface area contributed by atoms with Crippen molar-refractivity contribution in [2.24, 2.45) is 0 Å². The van der Waals surface area contributed by atoms with Crippen LogP contribution in [0.3, 0.4) is 0 Å². The zero-order valence-corrected chi connectivity index (χ0v) is 7.20.